The molecule has 2 aromatic heterocycles. The van der Waals surface area contributed by atoms with Crippen LogP contribution in [0.2, 0.25) is 0 Å². The van der Waals surface area contributed by atoms with Gasteiger partial charge in [-0.3, -0.25) is 28.2 Å². The number of hydrogen-bond donors (Lipinski definition) is 8. The molecule has 4 heterocycles. The number of nitrogens with two attached hydrogens (primary N) is 1. The maximum atomic E-state index is 13.5. The Balaban J connectivity index is 1.01. The van der Waals surface area contributed by atoms with Crippen molar-refractivity contribution in [2.24, 2.45) is 0 Å². The molecule has 4 aromatic carbocycles. The molecule has 6 aromatic rings. The molecule has 0 unspecified atom stereocenters. The van der Waals surface area contributed by atoms with E-state index in [9.17, 15) is 58.4 Å². The molecule has 2 aliphatic heterocycles. The highest BCUT2D eigenvalue weighted by Gasteiger charge is 2.45. The Morgan fingerprint density at radius 1 is 0.809 bits per heavy atom. The molecule has 470 valence electrons. The molecule has 9 N–H and O–H groups in total. The lowest BCUT2D eigenvalue weighted by Gasteiger charge is -2.27. The van der Waals surface area contributed by atoms with Crippen LogP contribution in [0, 0.1) is 6.92 Å². The lowest BCUT2D eigenvalue weighted by atomic mass is 9.80. The van der Waals surface area contributed by atoms with Gasteiger partial charge in [0.1, 0.15) is 29.8 Å². The molecule has 89 heavy (non-hydrogen) atoms. The van der Waals surface area contributed by atoms with E-state index in [-0.39, 0.29) is 54.2 Å². The van der Waals surface area contributed by atoms with Gasteiger partial charge < -0.3 is 31.1 Å². The second-order valence-electron chi connectivity index (χ2n) is 23.5. The van der Waals surface area contributed by atoms with E-state index in [1.807, 2.05) is 45.1 Å². The number of nitrogen functional groups attached to an aromatic ring is 1. The molecule has 1 aliphatic carbocycles. The number of fused-ring (bicyclic) bond motifs is 3. The molecule has 0 radical (unpaired) electrons. The number of unbranched alkanes of at least 4 members (excludes halogenated alkanes) is 2. The standard InChI is InChI=1S/C63H71N9O14S3/c1-39-13-25-51-48(33-39)62(2,3)53(71(51)29-6-8-31-87(77,78)79)27-19-42-11-10-12-43(20-28-54-63(4,5)49-34-41(38-89(83,84)85)16-26-52(49)72(54)30-7-9-32-88(80,81)82)56(42)86-47-23-14-40(15-24-47)35-50(60(75)76)68-58(73)44-17-21-45(22-18-44)65-36-46-37-66-57-55(67-46)59(74)70-61(64)69-57/h13-28,33-34,37,50H,6-12,29-32,35-36,38H2,1-5H3,(H8-,64,65,66,68,69,70,73,74,75,76,77,78,79,80,81,82,83,84,85)/p+1/t50-/m0/s1/i14+1,15+1,23+1,35+1,40+1,47+1,50+1,60+1. The summed E-state index contributed by atoms with van der Waals surface area (Å²) in [5, 5.41) is 16.1. The molecule has 0 spiro atoms. The normalized spacial score (nSPS) is 17.0. The Morgan fingerprint density at radius 3 is 2.19 bits per heavy atom. The zero-order chi connectivity index (χ0) is 64.2. The maximum Gasteiger partial charge on any atom is 0.326 e. The van der Waals surface area contributed by atoms with E-state index in [1.54, 1.807) is 66.7 Å². The number of H-pyrrole nitrogens is 1. The topological polar surface area (TPSA) is 355 Å². The van der Waals surface area contributed by atoms with Gasteiger partial charge in [-0.25, -0.2) is 14.8 Å². The van der Waals surface area contributed by atoms with Gasteiger partial charge in [0.2, 0.25) is 11.6 Å². The first-order valence-corrected chi connectivity index (χ1v) is 33.8. The highest BCUT2D eigenvalue weighted by Crippen LogP contribution is 2.49. The first-order valence-electron chi connectivity index (χ1n) is 28.9. The lowest BCUT2D eigenvalue weighted by Crippen LogP contribution is -2.42. The second kappa shape index (κ2) is 26.4. The molecule has 0 saturated carbocycles. The van der Waals surface area contributed by atoms with E-state index < -0.39 is 76.2 Å². The van der Waals surface area contributed by atoms with Crippen LogP contribution in [0.1, 0.15) is 117 Å². The summed E-state index contributed by atoms with van der Waals surface area (Å²) >= 11 is 0. The van der Waals surface area contributed by atoms with Crippen molar-refractivity contribution in [2.45, 2.75) is 115 Å². The number of aromatic nitrogens is 4. The third-order valence-corrected chi connectivity index (χ3v) is 18.4. The maximum absolute atomic E-state index is 13.5. The van der Waals surface area contributed by atoms with E-state index in [2.05, 4.69) is 72.1 Å². The zero-order valence-electron chi connectivity index (χ0n) is 49.9. The van der Waals surface area contributed by atoms with Crippen LogP contribution in [-0.4, -0.2) is 117 Å². The molecule has 0 fully saturated rings. The molecule has 23 nitrogen and oxygen atoms in total. The van der Waals surface area contributed by atoms with E-state index in [4.69, 9.17) is 10.5 Å². The highest BCUT2D eigenvalue weighted by atomic mass is 32.2. The van der Waals surface area contributed by atoms with Crippen LogP contribution >= 0.6 is 0 Å². The number of carboxylic acids is 1. The summed E-state index contributed by atoms with van der Waals surface area (Å²) in [6, 6.07) is 23.4. The number of nitrogens with zero attached hydrogens (tertiary/aromatic N) is 5. The lowest BCUT2D eigenvalue weighted by molar-refractivity contribution is -0.438. The van der Waals surface area contributed by atoms with Crippen molar-refractivity contribution in [1.82, 2.24) is 25.3 Å². The number of carbonyl (C=O) groups excluding carboxylic acids is 1. The number of allylic oxidation sites excluding steroid dienone is 7. The predicted molar refractivity (Wildman–Crippen MR) is 339 cm³/mol. The minimum atomic E-state index is -4.36. The molecular formula is C63H72N9O14S3+. The number of amides is 1. The number of ether oxygens (including phenoxy) is 1. The fourth-order valence-corrected chi connectivity index (χ4v) is 13.3. The van der Waals surface area contributed by atoms with Gasteiger partial charge in [-0.05, 0) is 148 Å². The number of nitrogens with one attached hydrogen (secondary N) is 3. The average Bonchev–Trinajstić information content (AvgIpc) is 1.61. The first kappa shape index (κ1) is 65.1. The highest BCUT2D eigenvalue weighted by molar-refractivity contribution is 7.86. The molecular weight excluding hydrogens is 1210 g/mol. The van der Waals surface area contributed by atoms with Gasteiger partial charge in [-0.15, -0.1) is 0 Å². The van der Waals surface area contributed by atoms with Crippen LogP contribution in [0.4, 0.5) is 23.0 Å². The zero-order valence-corrected chi connectivity index (χ0v) is 52.3. The molecule has 9 rings (SSSR count). The Bertz CT molecular complexity index is 4330. The van der Waals surface area contributed by atoms with Crippen LogP contribution in [0.25, 0.3) is 11.2 Å². The number of carboxylic acid groups (broad SMARTS) is 1. The SMILES string of the molecule is Cc1ccc2c(c1)C(C)(C)/C(=C\C=C1/CCCC(/C=C/C3=[N+](CCCCS(=O)(=O)O)c4ccc(CS(=O)(=O)O)cc4C3(C)C)=C1O[13c]1c[13cH][13c]([13CH2][13C@H](NC(=O)c3ccc(NCc4cnc5nc(N)[nH]c(=O)c5n4)cc3)[13C](=O)O)[13cH][13cH]1)N2CCCCS(=O)(=O)O. The number of carbonyl (C=O) groups is 2. The van der Waals surface area contributed by atoms with E-state index in [1.165, 1.54) is 6.20 Å². The average molecular weight is 1280 g/mol. The van der Waals surface area contributed by atoms with E-state index >= 15 is 0 Å². The van der Waals surface area contributed by atoms with Crippen molar-refractivity contribution in [2.75, 3.05) is 40.5 Å². The van der Waals surface area contributed by atoms with Crippen molar-refractivity contribution >= 4 is 82.1 Å². The number of aromatic amines is 1. The minimum Gasteiger partial charge on any atom is -0.480 e. The largest absolute Gasteiger partial charge is 0.480 e. The van der Waals surface area contributed by atoms with Gasteiger partial charge in [0.25, 0.3) is 41.8 Å². The number of benzene rings is 4. The minimum absolute atomic E-state index is 0.0304. The van der Waals surface area contributed by atoms with Crippen LogP contribution in [0.15, 0.2) is 143 Å². The quantitative estimate of drug-likeness (QED) is 0.0115. The number of anilines is 3. The van der Waals surface area contributed by atoms with Crippen LogP contribution in [-0.2, 0) is 64.7 Å². The number of hydrogen-bond acceptors (Lipinski definition) is 16. The number of rotatable bonds is 25. The molecule has 0 saturated heterocycles. The van der Waals surface area contributed by atoms with Crippen molar-refractivity contribution in [1.29, 1.82) is 0 Å². The van der Waals surface area contributed by atoms with Crippen molar-refractivity contribution in [3.05, 3.63) is 187 Å². The Morgan fingerprint density at radius 2 is 1.51 bits per heavy atom. The smallest absolute Gasteiger partial charge is 0.326 e. The Kier molecular flexibility index (Phi) is 19.3. The van der Waals surface area contributed by atoms with Gasteiger partial charge in [-0.2, -0.15) is 34.8 Å². The predicted octanol–water partition coefficient (Wildman–Crippen LogP) is 8.42. The van der Waals surface area contributed by atoms with Gasteiger partial charge in [-0.1, -0.05) is 55.8 Å². The Hall–Kier alpha value is -8.40. The number of aliphatic carboxylic acids is 1. The molecule has 3 aliphatic rings. The molecule has 1 atom stereocenters. The number of aryl methyl sites for hydroxylation is 1. The van der Waals surface area contributed by atoms with Gasteiger partial charge in [0.05, 0.1) is 35.4 Å². The van der Waals surface area contributed by atoms with Crippen LogP contribution in [0.5, 0.6) is 5.75 Å². The third-order valence-electron chi connectivity index (χ3n) is 16.1. The Labute approximate surface area is 516 Å². The van der Waals surface area contributed by atoms with Crippen molar-refractivity contribution < 1.29 is 62.9 Å². The fourth-order valence-electron chi connectivity index (χ4n) is 11.6. The van der Waals surface area contributed by atoms with Gasteiger partial charge in [0, 0.05) is 65.1 Å². The summed E-state index contributed by atoms with van der Waals surface area (Å²) in [7, 11) is -12.7. The second-order valence-corrected chi connectivity index (χ2v) is 28.1. The van der Waals surface area contributed by atoms with Crippen molar-refractivity contribution in [3.8, 4) is 5.75 Å². The first-order chi connectivity index (χ1) is 41.9. The van der Waals surface area contributed by atoms with Crippen LogP contribution in [0.3, 0.4) is 0 Å². The van der Waals surface area contributed by atoms with Gasteiger partial charge >= 0.3 is 5.97 Å². The fraction of sp³-hybridized carbons (Fsp3) is 0.349. The summed E-state index contributed by atoms with van der Waals surface area (Å²) in [6.07, 6.45) is 12.7. The summed E-state index contributed by atoms with van der Waals surface area (Å²) in [5.74, 6) is -2.33. The summed E-state index contributed by atoms with van der Waals surface area (Å²) < 4.78 is 109. The van der Waals surface area contributed by atoms with Crippen molar-refractivity contribution in [3.63, 3.8) is 0 Å². The third kappa shape index (κ3) is 16.1. The van der Waals surface area contributed by atoms with E-state index in [0.29, 0.717) is 72.8 Å². The molecule has 0 bridgehead atoms. The summed E-state index contributed by atoms with van der Waals surface area (Å²) in [4.78, 5) is 55.6. The molecule has 1 amide bonds. The summed E-state index contributed by atoms with van der Waals surface area (Å²) in [5.41, 5.74) is 14.4. The monoisotopic (exact) mass is 1280 g/mol. The van der Waals surface area contributed by atoms with E-state index in [0.717, 1.165) is 57.0 Å². The van der Waals surface area contributed by atoms with Gasteiger partial charge in [0.15, 0.2) is 16.9 Å². The summed E-state index contributed by atoms with van der Waals surface area (Å²) in [6.45, 7) is 11.3. The van der Waals surface area contributed by atoms with Crippen LogP contribution < -0.4 is 31.6 Å². The molecule has 26 heteroatoms.